The Bertz CT molecular complexity index is 353. The smallest absolute Gasteiger partial charge is 0.317 e. The Morgan fingerprint density at radius 3 is 2.55 bits per heavy atom. The Morgan fingerprint density at radius 2 is 1.95 bits per heavy atom. The molecule has 2 amide bonds. The van der Waals surface area contributed by atoms with Crippen LogP contribution in [-0.2, 0) is 9.53 Å². The predicted octanol–water partition coefficient (Wildman–Crippen LogP) is 1.31. The van der Waals surface area contributed by atoms with Crippen LogP contribution in [0.1, 0.15) is 32.1 Å². The van der Waals surface area contributed by atoms with E-state index in [-0.39, 0.29) is 24.0 Å². The van der Waals surface area contributed by atoms with Gasteiger partial charge in [0.2, 0.25) is 0 Å². The van der Waals surface area contributed by atoms with Gasteiger partial charge in [0.15, 0.2) is 0 Å². The van der Waals surface area contributed by atoms with Crippen LogP contribution < -0.4 is 5.32 Å². The van der Waals surface area contributed by atoms with Gasteiger partial charge in [-0.3, -0.25) is 4.79 Å². The van der Waals surface area contributed by atoms with E-state index in [0.717, 1.165) is 32.1 Å². The van der Waals surface area contributed by atoms with Crippen LogP contribution in [-0.4, -0.2) is 54.9 Å². The number of nitrogens with one attached hydrogen (secondary N) is 1. The quantitative estimate of drug-likeness (QED) is 0.816. The molecule has 0 aromatic carbocycles. The molecule has 6 heteroatoms. The van der Waals surface area contributed by atoms with E-state index in [1.54, 1.807) is 12.0 Å². The van der Waals surface area contributed by atoms with Crippen molar-refractivity contribution < 1.29 is 19.4 Å². The first-order valence-electron chi connectivity index (χ1n) is 7.40. The third kappa shape index (κ3) is 3.62. The van der Waals surface area contributed by atoms with Crippen molar-refractivity contribution in [2.75, 3.05) is 26.7 Å². The highest BCUT2D eigenvalue weighted by molar-refractivity contribution is 5.74. The van der Waals surface area contributed by atoms with Gasteiger partial charge in [0.05, 0.1) is 12.0 Å². The van der Waals surface area contributed by atoms with Crippen molar-refractivity contribution in [3.63, 3.8) is 0 Å². The molecule has 2 aliphatic rings. The van der Waals surface area contributed by atoms with Crippen molar-refractivity contribution in [2.45, 2.75) is 38.2 Å². The number of methoxy groups -OCH3 is 1. The van der Waals surface area contributed by atoms with Gasteiger partial charge in [-0.25, -0.2) is 4.79 Å². The molecule has 2 N–H and O–H groups in total. The Labute approximate surface area is 119 Å². The van der Waals surface area contributed by atoms with Gasteiger partial charge in [0.25, 0.3) is 0 Å². The molecule has 20 heavy (non-hydrogen) atoms. The van der Waals surface area contributed by atoms with Gasteiger partial charge in [-0.2, -0.15) is 0 Å². The Morgan fingerprint density at radius 1 is 1.25 bits per heavy atom. The third-order valence-corrected chi connectivity index (χ3v) is 4.55. The van der Waals surface area contributed by atoms with E-state index < -0.39 is 5.97 Å². The van der Waals surface area contributed by atoms with Crippen molar-refractivity contribution in [1.29, 1.82) is 0 Å². The summed E-state index contributed by atoms with van der Waals surface area (Å²) in [6, 6.07) is -0.0735. The lowest BCUT2D eigenvalue weighted by Gasteiger charge is -2.31. The average Bonchev–Trinajstić information content (AvgIpc) is 2.93. The molecule has 0 aromatic rings. The fourth-order valence-electron chi connectivity index (χ4n) is 3.23. The van der Waals surface area contributed by atoms with Crippen molar-refractivity contribution in [3.05, 3.63) is 0 Å². The minimum Gasteiger partial charge on any atom is -0.481 e. The van der Waals surface area contributed by atoms with E-state index in [0.29, 0.717) is 19.6 Å². The molecular formula is C14H24N2O4. The van der Waals surface area contributed by atoms with Crippen LogP contribution in [0.15, 0.2) is 0 Å². The Hall–Kier alpha value is -1.30. The number of urea groups is 1. The van der Waals surface area contributed by atoms with Crippen LogP contribution in [0, 0.1) is 11.8 Å². The maximum atomic E-state index is 12.1. The van der Waals surface area contributed by atoms with Gasteiger partial charge in [-0.1, -0.05) is 6.42 Å². The summed E-state index contributed by atoms with van der Waals surface area (Å²) in [4.78, 5) is 24.9. The second kappa shape index (κ2) is 6.92. The van der Waals surface area contributed by atoms with Gasteiger partial charge in [0, 0.05) is 26.7 Å². The first-order chi connectivity index (χ1) is 9.61. The molecule has 0 radical (unpaired) electrons. The van der Waals surface area contributed by atoms with Crippen LogP contribution in [0.2, 0.25) is 0 Å². The average molecular weight is 284 g/mol. The number of likely N-dealkylation sites (tertiary alicyclic amines) is 1. The fraction of sp³-hybridized carbons (Fsp3) is 0.857. The largest absolute Gasteiger partial charge is 0.481 e. The van der Waals surface area contributed by atoms with E-state index in [9.17, 15) is 9.59 Å². The number of carbonyl (C=O) groups is 2. The number of carbonyl (C=O) groups excluding carboxylic acids is 1. The van der Waals surface area contributed by atoms with Crippen molar-refractivity contribution >= 4 is 12.0 Å². The Kier molecular flexibility index (Phi) is 5.23. The number of rotatable bonds is 4. The van der Waals surface area contributed by atoms with Crippen LogP contribution in [0.5, 0.6) is 0 Å². The fourth-order valence-corrected chi connectivity index (χ4v) is 3.23. The summed E-state index contributed by atoms with van der Waals surface area (Å²) in [5.74, 6) is -0.954. The number of aliphatic carboxylic acids is 1. The molecule has 2 fully saturated rings. The zero-order chi connectivity index (χ0) is 14.5. The summed E-state index contributed by atoms with van der Waals surface area (Å²) in [5, 5.41) is 12.0. The van der Waals surface area contributed by atoms with Gasteiger partial charge < -0.3 is 20.1 Å². The van der Waals surface area contributed by atoms with E-state index >= 15 is 0 Å². The first kappa shape index (κ1) is 15.1. The van der Waals surface area contributed by atoms with E-state index in [2.05, 4.69) is 5.32 Å². The highest BCUT2D eigenvalue weighted by Gasteiger charge is 2.33. The lowest BCUT2D eigenvalue weighted by atomic mass is 9.96. The molecule has 0 aromatic heterocycles. The SMILES string of the molecule is COC1CCN(C(=O)NCC2CCCC2C(=O)O)CC1. The standard InChI is InChI=1S/C14H24N2O4/c1-20-11-5-7-16(8-6-11)14(19)15-9-10-3-2-4-12(10)13(17)18/h10-12H,2-9H2,1H3,(H,15,19)(H,17,18). The zero-order valence-electron chi connectivity index (χ0n) is 12.0. The number of hydrogen-bond acceptors (Lipinski definition) is 3. The van der Waals surface area contributed by atoms with Crippen molar-refractivity contribution in [3.8, 4) is 0 Å². The van der Waals surface area contributed by atoms with Gasteiger partial charge in [-0.05, 0) is 31.6 Å². The van der Waals surface area contributed by atoms with Crippen LogP contribution in [0.4, 0.5) is 4.79 Å². The van der Waals surface area contributed by atoms with E-state index in [4.69, 9.17) is 9.84 Å². The number of carboxylic acid groups (broad SMARTS) is 1. The summed E-state index contributed by atoms with van der Waals surface area (Å²) >= 11 is 0. The van der Waals surface area contributed by atoms with Crippen LogP contribution in [0.3, 0.4) is 0 Å². The first-order valence-corrected chi connectivity index (χ1v) is 7.40. The number of amides is 2. The predicted molar refractivity (Wildman–Crippen MR) is 73.5 cm³/mol. The van der Waals surface area contributed by atoms with E-state index in [1.807, 2.05) is 0 Å². The molecule has 1 heterocycles. The lowest BCUT2D eigenvalue weighted by molar-refractivity contribution is -0.142. The molecule has 2 atom stereocenters. The number of nitrogens with zero attached hydrogens (tertiary/aromatic N) is 1. The topological polar surface area (TPSA) is 78.9 Å². The van der Waals surface area contributed by atoms with E-state index in [1.165, 1.54) is 0 Å². The Balaban J connectivity index is 1.74. The molecule has 114 valence electrons. The normalized spacial score (nSPS) is 27.6. The summed E-state index contributed by atoms with van der Waals surface area (Å²) < 4.78 is 5.28. The third-order valence-electron chi connectivity index (χ3n) is 4.55. The molecule has 1 aliphatic carbocycles. The van der Waals surface area contributed by atoms with Crippen LogP contribution >= 0.6 is 0 Å². The van der Waals surface area contributed by atoms with Crippen molar-refractivity contribution in [2.24, 2.45) is 11.8 Å². The second-order valence-corrected chi connectivity index (χ2v) is 5.74. The molecule has 1 aliphatic heterocycles. The lowest BCUT2D eigenvalue weighted by Crippen LogP contribution is -2.47. The summed E-state index contributed by atoms with van der Waals surface area (Å²) in [5.41, 5.74) is 0. The maximum Gasteiger partial charge on any atom is 0.317 e. The maximum absolute atomic E-state index is 12.1. The minimum absolute atomic E-state index is 0.0735. The molecule has 6 nitrogen and oxygen atoms in total. The summed E-state index contributed by atoms with van der Waals surface area (Å²) in [6.45, 7) is 1.88. The van der Waals surface area contributed by atoms with Crippen molar-refractivity contribution in [1.82, 2.24) is 10.2 Å². The summed E-state index contributed by atoms with van der Waals surface area (Å²) in [6.07, 6.45) is 4.55. The minimum atomic E-state index is -0.734. The molecule has 1 saturated heterocycles. The highest BCUT2D eigenvalue weighted by Crippen LogP contribution is 2.31. The zero-order valence-corrected chi connectivity index (χ0v) is 12.0. The molecule has 2 rings (SSSR count). The van der Waals surface area contributed by atoms with Gasteiger partial charge in [-0.15, -0.1) is 0 Å². The van der Waals surface area contributed by atoms with Crippen LogP contribution in [0.25, 0.3) is 0 Å². The number of hydrogen-bond donors (Lipinski definition) is 2. The number of piperidine rings is 1. The number of carboxylic acids is 1. The molecular weight excluding hydrogens is 260 g/mol. The second-order valence-electron chi connectivity index (χ2n) is 5.74. The number of ether oxygens (including phenoxy) is 1. The summed E-state index contributed by atoms with van der Waals surface area (Å²) in [7, 11) is 1.70. The highest BCUT2D eigenvalue weighted by atomic mass is 16.5. The molecule has 1 saturated carbocycles. The molecule has 0 spiro atoms. The monoisotopic (exact) mass is 284 g/mol. The van der Waals surface area contributed by atoms with Gasteiger partial charge >= 0.3 is 12.0 Å². The molecule has 2 unspecified atom stereocenters. The molecule has 0 bridgehead atoms. The van der Waals surface area contributed by atoms with Gasteiger partial charge in [0.1, 0.15) is 0 Å².